The summed E-state index contributed by atoms with van der Waals surface area (Å²) in [4.78, 5) is 21.3. The zero-order valence-corrected chi connectivity index (χ0v) is 15.9. The van der Waals surface area contributed by atoms with Gasteiger partial charge in [0.15, 0.2) is 5.60 Å². The van der Waals surface area contributed by atoms with Crippen LogP contribution in [0, 0.1) is 0 Å². The Balaban J connectivity index is 1.54. The van der Waals surface area contributed by atoms with Crippen molar-refractivity contribution in [3.63, 3.8) is 0 Å². The number of halogens is 1. The van der Waals surface area contributed by atoms with Crippen LogP contribution >= 0.6 is 11.6 Å². The lowest BCUT2D eigenvalue weighted by molar-refractivity contribution is -0.147. The number of amides is 1. The van der Waals surface area contributed by atoms with Gasteiger partial charge in [0.1, 0.15) is 5.75 Å². The predicted octanol–water partition coefficient (Wildman–Crippen LogP) is 3.24. The molecular weight excluding hydrogens is 350 g/mol. The Morgan fingerprint density at radius 3 is 2.46 bits per heavy atom. The summed E-state index contributed by atoms with van der Waals surface area (Å²) in [6.07, 6.45) is 3.67. The topological polar surface area (TPSA) is 45.7 Å². The second-order valence-corrected chi connectivity index (χ2v) is 7.43. The molecule has 1 aromatic heterocycles. The number of benzene rings is 1. The molecule has 1 fully saturated rings. The van der Waals surface area contributed by atoms with Gasteiger partial charge in [-0.1, -0.05) is 17.7 Å². The lowest BCUT2D eigenvalue weighted by Gasteiger charge is -2.38. The number of hydrogen-bond donors (Lipinski definition) is 0. The van der Waals surface area contributed by atoms with Crippen molar-refractivity contribution in [3.8, 4) is 5.75 Å². The lowest BCUT2D eigenvalue weighted by Crippen LogP contribution is -2.55. The number of nitrogens with zero attached hydrogens (tertiary/aromatic N) is 3. The Morgan fingerprint density at radius 1 is 1.15 bits per heavy atom. The van der Waals surface area contributed by atoms with Crippen LogP contribution in [0.1, 0.15) is 19.4 Å². The van der Waals surface area contributed by atoms with Gasteiger partial charge in [-0.15, -0.1) is 0 Å². The van der Waals surface area contributed by atoms with Gasteiger partial charge in [0, 0.05) is 50.1 Å². The Hall–Kier alpha value is -2.11. The Kier molecular flexibility index (Phi) is 5.79. The van der Waals surface area contributed by atoms with E-state index in [1.54, 1.807) is 30.5 Å². The first kappa shape index (κ1) is 18.7. The fraction of sp³-hybridized carbons (Fsp3) is 0.400. The summed E-state index contributed by atoms with van der Waals surface area (Å²) in [5.41, 5.74) is 0.276. The zero-order chi connectivity index (χ0) is 18.6. The van der Waals surface area contributed by atoms with Gasteiger partial charge >= 0.3 is 0 Å². The van der Waals surface area contributed by atoms with E-state index < -0.39 is 5.60 Å². The van der Waals surface area contributed by atoms with Crippen molar-refractivity contribution in [3.05, 3.63) is 59.4 Å². The van der Waals surface area contributed by atoms with Crippen LogP contribution in [0.4, 0.5) is 0 Å². The van der Waals surface area contributed by atoms with Crippen LogP contribution in [0.5, 0.6) is 5.75 Å². The third-order valence-electron chi connectivity index (χ3n) is 4.49. The zero-order valence-electron chi connectivity index (χ0n) is 15.2. The standard InChI is InChI=1S/C20H24ClN3O2/c1-20(2,26-18-7-5-17(21)6-8-18)19(25)24-12-10-23(11-13-24)15-16-4-3-9-22-14-16/h3-9,14H,10-13,15H2,1-2H3. The molecular formula is C20H24ClN3O2. The van der Waals surface area contributed by atoms with Crippen LogP contribution in [-0.2, 0) is 11.3 Å². The molecule has 1 amide bonds. The number of aromatic nitrogens is 1. The summed E-state index contributed by atoms with van der Waals surface area (Å²) in [6.45, 7) is 7.58. The van der Waals surface area contributed by atoms with Gasteiger partial charge in [0.05, 0.1) is 0 Å². The summed E-state index contributed by atoms with van der Waals surface area (Å²) in [6, 6.07) is 11.1. The number of rotatable bonds is 5. The average Bonchev–Trinajstić information content (AvgIpc) is 2.64. The second kappa shape index (κ2) is 8.06. The van der Waals surface area contributed by atoms with Gasteiger partial charge in [-0.25, -0.2) is 0 Å². The van der Waals surface area contributed by atoms with Gasteiger partial charge in [-0.05, 0) is 49.7 Å². The molecule has 5 nitrogen and oxygen atoms in total. The van der Waals surface area contributed by atoms with Crippen molar-refractivity contribution in [1.29, 1.82) is 0 Å². The number of piperazine rings is 1. The minimum Gasteiger partial charge on any atom is -0.478 e. The van der Waals surface area contributed by atoms with Crippen LogP contribution < -0.4 is 4.74 Å². The summed E-state index contributed by atoms with van der Waals surface area (Å²) >= 11 is 5.90. The van der Waals surface area contributed by atoms with Crippen LogP contribution in [0.15, 0.2) is 48.8 Å². The van der Waals surface area contributed by atoms with E-state index in [4.69, 9.17) is 16.3 Å². The van der Waals surface area contributed by atoms with Gasteiger partial charge in [-0.3, -0.25) is 14.7 Å². The lowest BCUT2D eigenvalue weighted by atomic mass is 10.1. The van der Waals surface area contributed by atoms with Crippen molar-refractivity contribution >= 4 is 17.5 Å². The molecule has 138 valence electrons. The first-order valence-corrected chi connectivity index (χ1v) is 9.17. The highest BCUT2D eigenvalue weighted by atomic mass is 35.5. The largest absolute Gasteiger partial charge is 0.478 e. The van der Waals surface area contributed by atoms with E-state index >= 15 is 0 Å². The minimum absolute atomic E-state index is 0.00785. The molecule has 0 N–H and O–H groups in total. The quantitative estimate of drug-likeness (QED) is 0.807. The highest BCUT2D eigenvalue weighted by Crippen LogP contribution is 2.23. The van der Waals surface area contributed by atoms with Crippen molar-refractivity contribution in [2.24, 2.45) is 0 Å². The third-order valence-corrected chi connectivity index (χ3v) is 4.74. The first-order chi connectivity index (χ1) is 12.4. The minimum atomic E-state index is -0.917. The van der Waals surface area contributed by atoms with Gasteiger partial charge in [0.2, 0.25) is 0 Å². The van der Waals surface area contributed by atoms with Crippen molar-refractivity contribution in [1.82, 2.24) is 14.8 Å². The first-order valence-electron chi connectivity index (χ1n) is 8.79. The molecule has 26 heavy (non-hydrogen) atoms. The third kappa shape index (κ3) is 4.74. The van der Waals surface area contributed by atoms with Crippen molar-refractivity contribution in [2.45, 2.75) is 26.0 Å². The molecule has 6 heteroatoms. The molecule has 0 aliphatic carbocycles. The van der Waals surface area contributed by atoms with E-state index in [9.17, 15) is 4.79 Å². The SMILES string of the molecule is CC(C)(Oc1ccc(Cl)cc1)C(=O)N1CCN(Cc2cccnc2)CC1. The van der Waals surface area contributed by atoms with Crippen LogP contribution in [0.3, 0.4) is 0 Å². The fourth-order valence-electron chi connectivity index (χ4n) is 3.08. The Morgan fingerprint density at radius 2 is 1.85 bits per heavy atom. The molecule has 1 aliphatic heterocycles. The highest BCUT2D eigenvalue weighted by molar-refractivity contribution is 6.30. The van der Waals surface area contributed by atoms with Crippen LogP contribution in [0.2, 0.25) is 5.02 Å². The van der Waals surface area contributed by atoms with E-state index in [-0.39, 0.29) is 5.91 Å². The van der Waals surface area contributed by atoms with E-state index in [0.29, 0.717) is 23.9 Å². The normalized spacial score (nSPS) is 15.7. The van der Waals surface area contributed by atoms with Crippen molar-refractivity contribution in [2.75, 3.05) is 26.2 Å². The molecule has 0 saturated carbocycles. The molecule has 0 spiro atoms. The number of carbonyl (C=O) groups is 1. The van der Waals surface area contributed by atoms with Gasteiger partial charge in [0.25, 0.3) is 5.91 Å². The maximum Gasteiger partial charge on any atom is 0.266 e. The van der Waals surface area contributed by atoms with Crippen LogP contribution in [-0.4, -0.2) is 52.5 Å². The van der Waals surface area contributed by atoms with E-state index in [0.717, 1.165) is 19.6 Å². The second-order valence-electron chi connectivity index (χ2n) is 7.00. The maximum absolute atomic E-state index is 12.9. The predicted molar refractivity (Wildman–Crippen MR) is 102 cm³/mol. The number of hydrogen-bond acceptors (Lipinski definition) is 4. The fourth-order valence-corrected chi connectivity index (χ4v) is 3.21. The monoisotopic (exact) mass is 373 g/mol. The van der Waals surface area contributed by atoms with E-state index in [1.165, 1.54) is 5.56 Å². The average molecular weight is 374 g/mol. The smallest absolute Gasteiger partial charge is 0.266 e. The summed E-state index contributed by atoms with van der Waals surface area (Å²) in [7, 11) is 0. The molecule has 0 atom stereocenters. The number of carbonyl (C=O) groups excluding carboxylic acids is 1. The molecule has 0 unspecified atom stereocenters. The summed E-state index contributed by atoms with van der Waals surface area (Å²) in [5.74, 6) is 0.649. The van der Waals surface area contributed by atoms with E-state index in [2.05, 4.69) is 16.0 Å². The maximum atomic E-state index is 12.9. The number of ether oxygens (including phenoxy) is 1. The molecule has 1 aliphatic rings. The molecule has 1 aromatic carbocycles. The molecule has 3 rings (SSSR count). The molecule has 2 heterocycles. The van der Waals surface area contributed by atoms with E-state index in [1.807, 2.05) is 31.0 Å². The number of pyridine rings is 1. The van der Waals surface area contributed by atoms with Crippen LogP contribution in [0.25, 0.3) is 0 Å². The summed E-state index contributed by atoms with van der Waals surface area (Å²) < 4.78 is 5.92. The van der Waals surface area contributed by atoms with Gasteiger partial charge < -0.3 is 9.64 Å². The molecule has 0 bridgehead atoms. The highest BCUT2D eigenvalue weighted by Gasteiger charge is 2.35. The Labute approximate surface area is 159 Å². The summed E-state index contributed by atoms with van der Waals surface area (Å²) in [5, 5.41) is 0.645. The van der Waals surface area contributed by atoms with Crippen molar-refractivity contribution < 1.29 is 9.53 Å². The molecule has 0 radical (unpaired) electrons. The molecule has 1 saturated heterocycles. The Bertz CT molecular complexity index is 726. The van der Waals surface area contributed by atoms with Gasteiger partial charge in [-0.2, -0.15) is 0 Å². The molecule has 2 aromatic rings.